The Bertz CT molecular complexity index is 413. The van der Waals surface area contributed by atoms with Gasteiger partial charge in [-0.2, -0.15) is 0 Å². The SMILES string of the molecule is Cc1c(N)cccc1CNC(=O)NC1CCC1. The fraction of sp³-hybridized carbons (Fsp3) is 0.462. The molecule has 1 fully saturated rings. The number of carbonyl (C=O) groups is 1. The lowest BCUT2D eigenvalue weighted by Crippen LogP contribution is -2.44. The number of rotatable bonds is 3. The highest BCUT2D eigenvalue weighted by Gasteiger charge is 2.18. The number of nitrogens with one attached hydrogen (secondary N) is 2. The second-order valence-corrected chi connectivity index (χ2v) is 4.59. The molecule has 4 N–H and O–H groups in total. The third-order valence-electron chi connectivity index (χ3n) is 3.37. The molecule has 2 amide bonds. The van der Waals surface area contributed by atoms with E-state index in [1.165, 1.54) is 6.42 Å². The highest BCUT2D eigenvalue weighted by molar-refractivity contribution is 5.74. The molecule has 1 saturated carbocycles. The van der Waals surface area contributed by atoms with Crippen molar-refractivity contribution in [3.05, 3.63) is 29.3 Å². The lowest BCUT2D eigenvalue weighted by Gasteiger charge is -2.26. The van der Waals surface area contributed by atoms with E-state index >= 15 is 0 Å². The van der Waals surface area contributed by atoms with Crippen molar-refractivity contribution in [3.63, 3.8) is 0 Å². The van der Waals surface area contributed by atoms with Crippen LogP contribution in [0.1, 0.15) is 30.4 Å². The van der Waals surface area contributed by atoms with E-state index in [0.29, 0.717) is 12.6 Å². The van der Waals surface area contributed by atoms with Gasteiger partial charge in [0, 0.05) is 18.3 Å². The number of carbonyl (C=O) groups excluding carboxylic acids is 1. The smallest absolute Gasteiger partial charge is 0.315 e. The third-order valence-corrected chi connectivity index (χ3v) is 3.37. The summed E-state index contributed by atoms with van der Waals surface area (Å²) in [4.78, 5) is 11.6. The molecule has 0 atom stereocenters. The Morgan fingerprint density at radius 2 is 2.24 bits per heavy atom. The molecule has 1 aliphatic rings. The molecule has 2 rings (SSSR count). The van der Waals surface area contributed by atoms with Gasteiger partial charge in [-0.15, -0.1) is 0 Å². The fourth-order valence-electron chi connectivity index (χ4n) is 1.86. The Labute approximate surface area is 102 Å². The lowest BCUT2D eigenvalue weighted by atomic mass is 9.93. The predicted octanol–water partition coefficient (Wildman–Crippen LogP) is 1.93. The molecule has 1 aromatic rings. The molecule has 17 heavy (non-hydrogen) atoms. The average molecular weight is 233 g/mol. The second-order valence-electron chi connectivity index (χ2n) is 4.59. The first-order valence-corrected chi connectivity index (χ1v) is 6.05. The second kappa shape index (κ2) is 5.08. The van der Waals surface area contributed by atoms with Crippen molar-refractivity contribution in [1.29, 1.82) is 0 Å². The zero-order valence-electron chi connectivity index (χ0n) is 10.1. The van der Waals surface area contributed by atoms with E-state index in [1.54, 1.807) is 0 Å². The number of nitrogens with two attached hydrogens (primary N) is 1. The standard InChI is InChI=1S/C13H19N3O/c1-9-10(4-2-7-12(9)14)8-15-13(17)16-11-5-3-6-11/h2,4,7,11H,3,5-6,8,14H2,1H3,(H2,15,16,17). The first-order valence-electron chi connectivity index (χ1n) is 6.05. The van der Waals surface area contributed by atoms with E-state index in [4.69, 9.17) is 5.73 Å². The molecule has 0 unspecified atom stereocenters. The minimum absolute atomic E-state index is 0.0866. The minimum Gasteiger partial charge on any atom is -0.399 e. The summed E-state index contributed by atoms with van der Waals surface area (Å²) >= 11 is 0. The van der Waals surface area contributed by atoms with Gasteiger partial charge in [0.25, 0.3) is 0 Å². The first kappa shape index (κ1) is 11.8. The van der Waals surface area contributed by atoms with Crippen LogP contribution in [-0.4, -0.2) is 12.1 Å². The fourth-order valence-corrected chi connectivity index (χ4v) is 1.86. The van der Waals surface area contributed by atoms with Crippen LogP contribution in [0.5, 0.6) is 0 Å². The maximum Gasteiger partial charge on any atom is 0.315 e. The Hall–Kier alpha value is -1.71. The van der Waals surface area contributed by atoms with Crippen LogP contribution in [0.15, 0.2) is 18.2 Å². The number of hydrogen-bond donors (Lipinski definition) is 3. The zero-order valence-corrected chi connectivity index (χ0v) is 10.1. The topological polar surface area (TPSA) is 67.1 Å². The van der Waals surface area contributed by atoms with Crippen LogP contribution in [0.25, 0.3) is 0 Å². The summed E-state index contributed by atoms with van der Waals surface area (Å²) in [5.74, 6) is 0. The van der Waals surface area contributed by atoms with Crippen LogP contribution in [0.2, 0.25) is 0 Å². The number of nitrogen functional groups attached to an aromatic ring is 1. The summed E-state index contributed by atoms with van der Waals surface area (Å²) in [7, 11) is 0. The van der Waals surface area contributed by atoms with Gasteiger partial charge in [-0.3, -0.25) is 0 Å². The number of anilines is 1. The van der Waals surface area contributed by atoms with Crippen LogP contribution in [0.3, 0.4) is 0 Å². The van der Waals surface area contributed by atoms with Crippen LogP contribution < -0.4 is 16.4 Å². The van der Waals surface area contributed by atoms with Crippen LogP contribution in [-0.2, 0) is 6.54 Å². The molecule has 4 heteroatoms. The molecule has 1 aliphatic carbocycles. The molecule has 0 radical (unpaired) electrons. The van der Waals surface area contributed by atoms with E-state index in [0.717, 1.165) is 29.7 Å². The predicted molar refractivity (Wildman–Crippen MR) is 68.6 cm³/mol. The summed E-state index contributed by atoms with van der Waals surface area (Å²) in [5, 5.41) is 5.80. The molecule has 1 aromatic carbocycles. The normalized spacial score (nSPS) is 15.1. The molecule has 92 valence electrons. The van der Waals surface area contributed by atoms with Gasteiger partial charge in [-0.25, -0.2) is 4.79 Å². The molecule has 0 aliphatic heterocycles. The number of hydrogen-bond acceptors (Lipinski definition) is 2. The highest BCUT2D eigenvalue weighted by atomic mass is 16.2. The number of amides is 2. The number of benzene rings is 1. The van der Waals surface area contributed by atoms with Crippen molar-refractivity contribution < 1.29 is 4.79 Å². The molecule has 0 bridgehead atoms. The summed E-state index contributed by atoms with van der Waals surface area (Å²) < 4.78 is 0. The molecule has 0 heterocycles. The van der Waals surface area contributed by atoms with Crippen LogP contribution in [0, 0.1) is 6.92 Å². The van der Waals surface area contributed by atoms with Gasteiger partial charge in [-0.1, -0.05) is 12.1 Å². The van der Waals surface area contributed by atoms with E-state index < -0.39 is 0 Å². The molecule has 0 aromatic heterocycles. The van der Waals surface area contributed by atoms with E-state index in [9.17, 15) is 4.79 Å². The quantitative estimate of drug-likeness (QED) is 0.698. The van der Waals surface area contributed by atoms with Gasteiger partial charge in [0.05, 0.1) is 0 Å². The summed E-state index contributed by atoms with van der Waals surface area (Å²) in [5.41, 5.74) is 8.68. The van der Waals surface area contributed by atoms with Crippen molar-refractivity contribution in [3.8, 4) is 0 Å². The highest BCUT2D eigenvalue weighted by Crippen LogP contribution is 2.18. The van der Waals surface area contributed by atoms with Crippen molar-refractivity contribution in [2.45, 2.75) is 38.8 Å². The van der Waals surface area contributed by atoms with E-state index in [1.807, 2.05) is 25.1 Å². The zero-order chi connectivity index (χ0) is 12.3. The van der Waals surface area contributed by atoms with Crippen molar-refractivity contribution in [2.75, 3.05) is 5.73 Å². The average Bonchev–Trinajstić information content (AvgIpc) is 2.26. The van der Waals surface area contributed by atoms with Crippen LogP contribution >= 0.6 is 0 Å². The Balaban J connectivity index is 1.84. The molecule has 0 spiro atoms. The number of urea groups is 1. The minimum atomic E-state index is -0.0866. The summed E-state index contributed by atoms with van der Waals surface area (Å²) in [6, 6.07) is 6.04. The summed E-state index contributed by atoms with van der Waals surface area (Å²) in [6.45, 7) is 2.49. The molecule has 0 saturated heterocycles. The Kier molecular flexibility index (Phi) is 3.52. The summed E-state index contributed by atoms with van der Waals surface area (Å²) in [6.07, 6.45) is 3.43. The van der Waals surface area contributed by atoms with Crippen molar-refractivity contribution >= 4 is 11.7 Å². The third kappa shape index (κ3) is 2.90. The van der Waals surface area contributed by atoms with Gasteiger partial charge in [0.2, 0.25) is 0 Å². The molecule has 4 nitrogen and oxygen atoms in total. The maximum absolute atomic E-state index is 11.6. The van der Waals surface area contributed by atoms with E-state index in [-0.39, 0.29) is 6.03 Å². The van der Waals surface area contributed by atoms with Gasteiger partial charge >= 0.3 is 6.03 Å². The van der Waals surface area contributed by atoms with Crippen molar-refractivity contribution in [1.82, 2.24) is 10.6 Å². The van der Waals surface area contributed by atoms with Gasteiger partial charge in [0.15, 0.2) is 0 Å². The van der Waals surface area contributed by atoms with E-state index in [2.05, 4.69) is 10.6 Å². The van der Waals surface area contributed by atoms with Gasteiger partial charge in [0.1, 0.15) is 0 Å². The van der Waals surface area contributed by atoms with Gasteiger partial charge < -0.3 is 16.4 Å². The Morgan fingerprint density at radius 1 is 1.47 bits per heavy atom. The molecular weight excluding hydrogens is 214 g/mol. The first-order chi connectivity index (χ1) is 8.16. The van der Waals surface area contributed by atoms with Crippen LogP contribution in [0.4, 0.5) is 10.5 Å². The van der Waals surface area contributed by atoms with Gasteiger partial charge in [-0.05, 0) is 43.4 Å². The van der Waals surface area contributed by atoms with Crippen molar-refractivity contribution in [2.24, 2.45) is 0 Å². The monoisotopic (exact) mass is 233 g/mol. The lowest BCUT2D eigenvalue weighted by molar-refractivity contribution is 0.228. The Morgan fingerprint density at radius 3 is 2.88 bits per heavy atom. The molecular formula is C13H19N3O. The largest absolute Gasteiger partial charge is 0.399 e. The maximum atomic E-state index is 11.6.